The summed E-state index contributed by atoms with van der Waals surface area (Å²) < 4.78 is 27.3. The van der Waals surface area contributed by atoms with Crippen LogP contribution in [-0.2, 0) is 16.6 Å². The van der Waals surface area contributed by atoms with Crippen molar-refractivity contribution in [2.24, 2.45) is 0 Å². The molecule has 5 heteroatoms. The fourth-order valence-corrected chi connectivity index (χ4v) is 3.29. The van der Waals surface area contributed by atoms with Crippen LogP contribution in [0.4, 0.5) is 0 Å². The first kappa shape index (κ1) is 14.7. The van der Waals surface area contributed by atoms with E-state index in [1.807, 2.05) is 37.3 Å². The molecule has 0 radical (unpaired) electrons. The van der Waals surface area contributed by atoms with Gasteiger partial charge in [-0.05, 0) is 36.8 Å². The van der Waals surface area contributed by atoms with E-state index in [0.29, 0.717) is 0 Å². The average molecular weight is 312 g/mol. The molecule has 0 unspecified atom stereocenters. The van der Waals surface area contributed by atoms with E-state index in [0.717, 1.165) is 22.0 Å². The summed E-state index contributed by atoms with van der Waals surface area (Å²) in [6, 6.07) is 16.3. The molecule has 0 amide bonds. The quantitative estimate of drug-likeness (QED) is 0.805. The predicted octanol–water partition coefficient (Wildman–Crippen LogP) is 3.02. The van der Waals surface area contributed by atoms with E-state index in [4.69, 9.17) is 0 Å². The number of aryl methyl sites for hydroxylation is 1. The van der Waals surface area contributed by atoms with Crippen molar-refractivity contribution in [2.75, 3.05) is 0 Å². The van der Waals surface area contributed by atoms with Gasteiger partial charge in [0.2, 0.25) is 10.0 Å². The van der Waals surface area contributed by atoms with Gasteiger partial charge in [-0.25, -0.2) is 13.1 Å². The number of rotatable bonds is 4. The molecule has 1 heterocycles. The van der Waals surface area contributed by atoms with Crippen LogP contribution < -0.4 is 4.72 Å². The molecule has 112 valence electrons. The molecule has 0 aliphatic carbocycles. The van der Waals surface area contributed by atoms with Crippen molar-refractivity contribution in [2.45, 2.75) is 18.4 Å². The molecular weight excluding hydrogens is 296 g/mol. The number of aromatic nitrogens is 1. The second kappa shape index (κ2) is 5.87. The maximum Gasteiger partial charge on any atom is 0.240 e. The molecule has 2 aromatic carbocycles. The lowest BCUT2D eigenvalue weighted by Gasteiger charge is -2.09. The Labute approximate surface area is 129 Å². The number of fused-ring (bicyclic) bond motifs is 1. The maximum atomic E-state index is 12.3. The number of para-hydroxylation sites is 1. The van der Waals surface area contributed by atoms with Gasteiger partial charge >= 0.3 is 0 Å². The van der Waals surface area contributed by atoms with Crippen molar-refractivity contribution < 1.29 is 8.42 Å². The topological polar surface area (TPSA) is 59.1 Å². The zero-order valence-corrected chi connectivity index (χ0v) is 13.0. The highest BCUT2D eigenvalue weighted by Gasteiger charge is 2.13. The molecule has 1 aromatic heterocycles. The van der Waals surface area contributed by atoms with Crippen LogP contribution in [0.5, 0.6) is 0 Å². The summed E-state index contributed by atoms with van der Waals surface area (Å²) in [6.45, 7) is 2.16. The third-order valence-corrected chi connectivity index (χ3v) is 4.94. The van der Waals surface area contributed by atoms with E-state index >= 15 is 0 Å². The van der Waals surface area contributed by atoms with Crippen LogP contribution in [0.25, 0.3) is 10.9 Å². The second-order valence-corrected chi connectivity index (χ2v) is 6.89. The lowest BCUT2D eigenvalue weighted by Crippen LogP contribution is -2.23. The standard InChI is InChI=1S/C17H16N2O2S/c1-13-6-8-15(9-7-13)22(20,21)19-12-14-10-11-18-17-5-3-2-4-16(14)17/h2-11,19H,12H2,1H3. The highest BCUT2D eigenvalue weighted by molar-refractivity contribution is 7.89. The SMILES string of the molecule is Cc1ccc(S(=O)(=O)NCc2ccnc3ccccc23)cc1. The van der Waals surface area contributed by atoms with Crippen LogP contribution in [0.15, 0.2) is 65.7 Å². The van der Waals surface area contributed by atoms with Gasteiger partial charge in [-0.3, -0.25) is 4.98 Å². The average Bonchev–Trinajstić information content (AvgIpc) is 2.53. The Balaban J connectivity index is 1.86. The van der Waals surface area contributed by atoms with Crippen LogP contribution in [-0.4, -0.2) is 13.4 Å². The first-order chi connectivity index (χ1) is 10.6. The van der Waals surface area contributed by atoms with Crippen LogP contribution in [0.2, 0.25) is 0 Å². The van der Waals surface area contributed by atoms with Crippen LogP contribution >= 0.6 is 0 Å². The van der Waals surface area contributed by atoms with Gasteiger partial charge in [0.25, 0.3) is 0 Å². The molecule has 0 saturated heterocycles. The summed E-state index contributed by atoms with van der Waals surface area (Å²) in [5.41, 5.74) is 2.79. The zero-order valence-electron chi connectivity index (χ0n) is 12.2. The van der Waals surface area contributed by atoms with Gasteiger partial charge in [-0.2, -0.15) is 0 Å². The van der Waals surface area contributed by atoms with Crippen molar-refractivity contribution >= 4 is 20.9 Å². The van der Waals surface area contributed by atoms with Crippen molar-refractivity contribution in [3.05, 3.63) is 71.9 Å². The number of pyridine rings is 1. The van der Waals surface area contributed by atoms with Crippen molar-refractivity contribution in [1.29, 1.82) is 0 Å². The number of sulfonamides is 1. The molecule has 3 aromatic rings. The Morgan fingerprint density at radius 2 is 1.73 bits per heavy atom. The third-order valence-electron chi connectivity index (χ3n) is 3.52. The Morgan fingerprint density at radius 1 is 1.00 bits per heavy atom. The number of nitrogens with one attached hydrogen (secondary N) is 1. The highest BCUT2D eigenvalue weighted by Crippen LogP contribution is 2.17. The predicted molar refractivity (Wildman–Crippen MR) is 86.9 cm³/mol. The van der Waals surface area contributed by atoms with Crippen LogP contribution in [0, 0.1) is 6.92 Å². The van der Waals surface area contributed by atoms with Crippen molar-refractivity contribution in [3.63, 3.8) is 0 Å². The summed E-state index contributed by atoms with van der Waals surface area (Å²) in [7, 11) is -3.51. The fourth-order valence-electron chi connectivity index (χ4n) is 2.28. The van der Waals surface area contributed by atoms with E-state index in [-0.39, 0.29) is 11.4 Å². The molecule has 1 N–H and O–H groups in total. The summed E-state index contributed by atoms with van der Waals surface area (Å²) in [5.74, 6) is 0. The number of hydrogen-bond donors (Lipinski definition) is 1. The second-order valence-electron chi connectivity index (χ2n) is 5.12. The maximum absolute atomic E-state index is 12.3. The number of hydrogen-bond acceptors (Lipinski definition) is 3. The van der Waals surface area contributed by atoms with Crippen molar-refractivity contribution in [1.82, 2.24) is 9.71 Å². The van der Waals surface area contributed by atoms with Crippen LogP contribution in [0.1, 0.15) is 11.1 Å². The molecule has 3 rings (SSSR count). The highest BCUT2D eigenvalue weighted by atomic mass is 32.2. The largest absolute Gasteiger partial charge is 0.256 e. The van der Waals surface area contributed by atoms with Gasteiger partial charge in [-0.15, -0.1) is 0 Å². The van der Waals surface area contributed by atoms with Gasteiger partial charge < -0.3 is 0 Å². The van der Waals surface area contributed by atoms with Gasteiger partial charge in [0, 0.05) is 18.1 Å². The van der Waals surface area contributed by atoms with E-state index in [1.165, 1.54) is 0 Å². The Kier molecular flexibility index (Phi) is 3.92. The van der Waals surface area contributed by atoms with E-state index in [9.17, 15) is 8.42 Å². The summed E-state index contributed by atoms with van der Waals surface area (Å²) in [6.07, 6.45) is 1.69. The monoisotopic (exact) mass is 312 g/mol. The van der Waals surface area contributed by atoms with Gasteiger partial charge in [0.05, 0.1) is 10.4 Å². The van der Waals surface area contributed by atoms with E-state index in [1.54, 1.807) is 30.5 Å². The Morgan fingerprint density at radius 3 is 2.50 bits per heavy atom. The first-order valence-corrected chi connectivity index (χ1v) is 8.43. The molecule has 0 fully saturated rings. The minimum atomic E-state index is -3.51. The number of benzene rings is 2. The molecular formula is C17H16N2O2S. The third kappa shape index (κ3) is 3.00. The van der Waals surface area contributed by atoms with E-state index < -0.39 is 10.0 Å². The minimum Gasteiger partial charge on any atom is -0.256 e. The summed E-state index contributed by atoms with van der Waals surface area (Å²) in [5, 5.41) is 0.955. The molecule has 0 spiro atoms. The number of nitrogens with zero attached hydrogens (tertiary/aromatic N) is 1. The Hall–Kier alpha value is -2.24. The minimum absolute atomic E-state index is 0.235. The van der Waals surface area contributed by atoms with E-state index in [2.05, 4.69) is 9.71 Å². The van der Waals surface area contributed by atoms with Gasteiger partial charge in [0.15, 0.2) is 0 Å². The van der Waals surface area contributed by atoms with Gasteiger partial charge in [0.1, 0.15) is 0 Å². The molecule has 0 aliphatic heterocycles. The lowest BCUT2D eigenvalue weighted by atomic mass is 10.1. The summed E-state index contributed by atoms with van der Waals surface area (Å²) in [4.78, 5) is 4.55. The lowest BCUT2D eigenvalue weighted by molar-refractivity contribution is 0.581. The Bertz CT molecular complexity index is 898. The molecule has 0 aliphatic rings. The van der Waals surface area contributed by atoms with Crippen LogP contribution in [0.3, 0.4) is 0 Å². The molecule has 22 heavy (non-hydrogen) atoms. The smallest absolute Gasteiger partial charge is 0.240 e. The fraction of sp³-hybridized carbons (Fsp3) is 0.118. The first-order valence-electron chi connectivity index (χ1n) is 6.95. The molecule has 4 nitrogen and oxygen atoms in total. The molecule has 0 atom stereocenters. The summed E-state index contributed by atoms with van der Waals surface area (Å²) >= 11 is 0. The van der Waals surface area contributed by atoms with Gasteiger partial charge in [-0.1, -0.05) is 35.9 Å². The zero-order chi connectivity index (χ0) is 15.6. The molecule has 0 saturated carbocycles. The molecule has 0 bridgehead atoms. The van der Waals surface area contributed by atoms with Crippen molar-refractivity contribution in [3.8, 4) is 0 Å². The normalized spacial score (nSPS) is 11.7.